The number of nitrogens with zero attached hydrogens (tertiary/aromatic N) is 3. The van der Waals surface area contributed by atoms with Crippen LogP contribution < -0.4 is 0 Å². The first-order chi connectivity index (χ1) is 13.6. The molecule has 154 valence electrons. The molecule has 2 amide bonds. The lowest BCUT2D eigenvalue weighted by molar-refractivity contribution is -0.145. The average molecular weight is 388 g/mol. The highest BCUT2D eigenvalue weighted by atomic mass is 16.5. The number of piperidine rings is 1. The zero-order chi connectivity index (χ0) is 19.9. The summed E-state index contributed by atoms with van der Waals surface area (Å²) in [6.07, 6.45) is 2.32. The number of carbonyl (C=O) groups excluding carboxylic acids is 2. The number of hydrogen-bond acceptors (Lipinski definition) is 4. The predicted molar refractivity (Wildman–Crippen MR) is 109 cm³/mol. The molecule has 0 radical (unpaired) electrons. The summed E-state index contributed by atoms with van der Waals surface area (Å²) in [4.78, 5) is 31.8. The third-order valence-corrected chi connectivity index (χ3v) is 5.96. The van der Waals surface area contributed by atoms with Gasteiger partial charge in [-0.1, -0.05) is 37.3 Å². The van der Waals surface area contributed by atoms with E-state index < -0.39 is 0 Å². The Kier molecular flexibility index (Phi) is 7.45. The normalized spacial score (nSPS) is 19.7. The second kappa shape index (κ2) is 10.0. The average Bonchev–Trinajstić information content (AvgIpc) is 2.75. The van der Waals surface area contributed by atoms with Crippen molar-refractivity contribution >= 4 is 11.8 Å². The van der Waals surface area contributed by atoms with E-state index in [4.69, 9.17) is 4.74 Å². The topological polar surface area (TPSA) is 53.1 Å². The molecule has 1 atom stereocenters. The highest BCUT2D eigenvalue weighted by molar-refractivity contribution is 5.83. The molecule has 28 heavy (non-hydrogen) atoms. The van der Waals surface area contributed by atoms with E-state index in [0.29, 0.717) is 39.4 Å². The summed E-state index contributed by atoms with van der Waals surface area (Å²) in [6.45, 7) is 6.84. The highest BCUT2D eigenvalue weighted by Gasteiger charge is 2.33. The molecule has 0 saturated carbocycles. The Bertz CT molecular complexity index is 638. The second-order valence-corrected chi connectivity index (χ2v) is 7.86. The molecule has 1 unspecified atom stereocenters. The van der Waals surface area contributed by atoms with Gasteiger partial charge < -0.3 is 14.5 Å². The fraction of sp³-hybridized carbons (Fsp3) is 0.636. The zero-order valence-corrected chi connectivity index (χ0v) is 17.2. The van der Waals surface area contributed by atoms with Gasteiger partial charge in [-0.15, -0.1) is 0 Å². The summed E-state index contributed by atoms with van der Waals surface area (Å²) in [5.74, 6) is 0.478. The Labute approximate surface area is 168 Å². The molecule has 0 aromatic heterocycles. The van der Waals surface area contributed by atoms with Gasteiger partial charge in [0.25, 0.3) is 0 Å². The maximum Gasteiger partial charge on any atom is 0.239 e. The van der Waals surface area contributed by atoms with E-state index in [0.717, 1.165) is 25.8 Å². The van der Waals surface area contributed by atoms with Crippen molar-refractivity contribution in [1.29, 1.82) is 0 Å². The molecule has 1 aromatic rings. The number of ether oxygens (including phenoxy) is 1. The minimum Gasteiger partial charge on any atom is -0.378 e. The van der Waals surface area contributed by atoms with E-state index >= 15 is 0 Å². The number of benzene rings is 1. The molecule has 2 fully saturated rings. The van der Waals surface area contributed by atoms with Crippen LogP contribution in [0.3, 0.4) is 0 Å². The van der Waals surface area contributed by atoms with E-state index in [1.807, 2.05) is 35.0 Å². The van der Waals surface area contributed by atoms with Crippen LogP contribution in [0.4, 0.5) is 0 Å². The number of amides is 2. The van der Waals surface area contributed by atoms with Crippen LogP contribution in [0.25, 0.3) is 0 Å². The first-order valence-corrected chi connectivity index (χ1v) is 10.5. The molecular formula is C22H33N3O3. The van der Waals surface area contributed by atoms with Crippen LogP contribution in [-0.2, 0) is 20.9 Å². The molecule has 0 spiro atoms. The Morgan fingerprint density at radius 1 is 1.07 bits per heavy atom. The summed E-state index contributed by atoms with van der Waals surface area (Å²) in [7, 11) is 2.02. The van der Waals surface area contributed by atoms with Crippen molar-refractivity contribution in [2.24, 2.45) is 5.92 Å². The van der Waals surface area contributed by atoms with Crippen LogP contribution in [0.5, 0.6) is 0 Å². The van der Waals surface area contributed by atoms with E-state index in [2.05, 4.69) is 24.0 Å². The molecule has 6 heteroatoms. The van der Waals surface area contributed by atoms with Crippen LogP contribution >= 0.6 is 0 Å². The third kappa shape index (κ3) is 5.11. The lowest BCUT2D eigenvalue weighted by Crippen LogP contribution is -2.51. The van der Waals surface area contributed by atoms with Gasteiger partial charge in [-0.3, -0.25) is 14.5 Å². The summed E-state index contributed by atoms with van der Waals surface area (Å²) < 4.78 is 5.34. The first-order valence-electron chi connectivity index (χ1n) is 10.5. The SMILES string of the molecule is CCC(C(=O)N1CCC(C(=O)N2CCOCC2)CC1)N(C)Cc1ccccc1. The lowest BCUT2D eigenvalue weighted by Gasteiger charge is -2.38. The Morgan fingerprint density at radius 3 is 2.32 bits per heavy atom. The number of likely N-dealkylation sites (tertiary alicyclic amines) is 1. The second-order valence-electron chi connectivity index (χ2n) is 7.86. The van der Waals surface area contributed by atoms with Crippen molar-refractivity contribution in [3.63, 3.8) is 0 Å². The van der Waals surface area contributed by atoms with E-state index in [9.17, 15) is 9.59 Å². The van der Waals surface area contributed by atoms with E-state index in [-0.39, 0.29) is 23.8 Å². The quantitative estimate of drug-likeness (QED) is 0.749. The van der Waals surface area contributed by atoms with Gasteiger partial charge in [-0.25, -0.2) is 0 Å². The van der Waals surface area contributed by atoms with Crippen molar-refractivity contribution in [3.05, 3.63) is 35.9 Å². The Morgan fingerprint density at radius 2 is 1.71 bits per heavy atom. The number of likely N-dealkylation sites (N-methyl/N-ethyl adjacent to an activating group) is 1. The van der Waals surface area contributed by atoms with Gasteiger partial charge in [0.05, 0.1) is 19.3 Å². The fourth-order valence-corrected chi connectivity index (χ4v) is 4.26. The standard InChI is InChI=1S/C22H33N3O3/c1-3-20(23(2)17-18-7-5-4-6-8-18)22(27)24-11-9-19(10-12-24)21(26)25-13-15-28-16-14-25/h4-8,19-20H,3,9-17H2,1-2H3. The summed E-state index contributed by atoms with van der Waals surface area (Å²) in [5, 5.41) is 0. The van der Waals surface area contributed by atoms with Crippen LogP contribution in [0.2, 0.25) is 0 Å². The van der Waals surface area contributed by atoms with Gasteiger partial charge in [0.2, 0.25) is 11.8 Å². The van der Waals surface area contributed by atoms with Crippen LogP contribution in [0, 0.1) is 5.92 Å². The molecule has 3 rings (SSSR count). The maximum absolute atomic E-state index is 13.1. The van der Waals surface area contributed by atoms with Crippen molar-refractivity contribution < 1.29 is 14.3 Å². The highest BCUT2D eigenvalue weighted by Crippen LogP contribution is 2.22. The molecule has 2 saturated heterocycles. The van der Waals surface area contributed by atoms with Crippen molar-refractivity contribution in [3.8, 4) is 0 Å². The van der Waals surface area contributed by atoms with Crippen molar-refractivity contribution in [2.45, 2.75) is 38.8 Å². The molecule has 0 bridgehead atoms. The molecule has 1 aromatic carbocycles. The summed E-state index contributed by atoms with van der Waals surface area (Å²) in [6, 6.07) is 10.1. The molecule has 0 N–H and O–H groups in total. The smallest absolute Gasteiger partial charge is 0.239 e. The lowest BCUT2D eigenvalue weighted by atomic mass is 9.94. The van der Waals surface area contributed by atoms with Crippen LogP contribution in [0.1, 0.15) is 31.7 Å². The summed E-state index contributed by atoms with van der Waals surface area (Å²) >= 11 is 0. The Balaban J connectivity index is 1.52. The minimum atomic E-state index is -0.119. The van der Waals surface area contributed by atoms with Crippen LogP contribution in [0.15, 0.2) is 30.3 Å². The number of hydrogen-bond donors (Lipinski definition) is 0. The van der Waals surface area contributed by atoms with Gasteiger partial charge >= 0.3 is 0 Å². The first kappa shape index (κ1) is 20.8. The maximum atomic E-state index is 13.1. The fourth-order valence-electron chi connectivity index (χ4n) is 4.26. The third-order valence-electron chi connectivity index (χ3n) is 5.96. The molecule has 2 aliphatic heterocycles. The van der Waals surface area contributed by atoms with Crippen molar-refractivity contribution in [2.75, 3.05) is 46.4 Å². The van der Waals surface area contributed by atoms with Gasteiger partial charge in [-0.2, -0.15) is 0 Å². The zero-order valence-electron chi connectivity index (χ0n) is 17.2. The number of rotatable bonds is 6. The molecule has 6 nitrogen and oxygen atoms in total. The van der Waals surface area contributed by atoms with Gasteiger partial charge in [0.1, 0.15) is 0 Å². The van der Waals surface area contributed by atoms with E-state index in [1.165, 1.54) is 5.56 Å². The van der Waals surface area contributed by atoms with Crippen molar-refractivity contribution in [1.82, 2.24) is 14.7 Å². The molecule has 2 aliphatic rings. The number of morpholine rings is 1. The molecular weight excluding hydrogens is 354 g/mol. The van der Waals surface area contributed by atoms with Gasteiger partial charge in [0, 0.05) is 38.6 Å². The minimum absolute atomic E-state index is 0.0456. The Hall–Kier alpha value is -1.92. The van der Waals surface area contributed by atoms with E-state index in [1.54, 1.807) is 0 Å². The van der Waals surface area contributed by atoms with Gasteiger partial charge in [0.15, 0.2) is 0 Å². The summed E-state index contributed by atoms with van der Waals surface area (Å²) in [5.41, 5.74) is 1.21. The molecule has 0 aliphatic carbocycles. The largest absolute Gasteiger partial charge is 0.378 e. The predicted octanol–water partition coefficient (Wildman–Crippen LogP) is 1.99. The number of carbonyl (C=O) groups is 2. The van der Waals surface area contributed by atoms with Crippen LogP contribution in [-0.4, -0.2) is 79.0 Å². The molecule has 2 heterocycles. The monoisotopic (exact) mass is 387 g/mol. The van der Waals surface area contributed by atoms with Gasteiger partial charge in [-0.05, 0) is 31.9 Å².